The molecule has 0 spiro atoms. The molecule has 4 fully saturated rings. The number of β-amino-alcohol motifs (C(OH)–C–C–N with tert-alkyl or cyclic N) is 1. The number of hydrogen-bond donors (Lipinski definition) is 3. The van der Waals surface area contributed by atoms with Gasteiger partial charge in [0.05, 0.1) is 47.0 Å². The molecule has 7 heterocycles. The number of piperidine rings is 1. The molecule has 10 rings (SSSR count). The summed E-state index contributed by atoms with van der Waals surface area (Å²) in [6.07, 6.45) is 2.53. The number of nitrogens with zero attached hydrogens (tertiary/aromatic N) is 7. The monoisotopic (exact) mass is 1170 g/mol. The molecule has 5 aliphatic rings. The minimum atomic E-state index is -0.907. The number of halogens is 1. The van der Waals surface area contributed by atoms with E-state index in [-0.39, 0.29) is 73.7 Å². The van der Waals surface area contributed by atoms with Gasteiger partial charge in [0.15, 0.2) is 0 Å². The van der Waals surface area contributed by atoms with E-state index < -0.39 is 49.3 Å². The summed E-state index contributed by atoms with van der Waals surface area (Å²) in [5, 5.41) is 27.2. The zero-order valence-corrected chi connectivity index (χ0v) is 47.9. The number of alkyl halides is 2. The van der Waals surface area contributed by atoms with Crippen molar-refractivity contribution in [2.75, 3.05) is 35.0 Å². The number of Topliss-reactive ketones (excluding diaryl/α,β-unsaturated/α-hetero) is 1. The van der Waals surface area contributed by atoms with Crippen LogP contribution in [-0.2, 0) is 23.9 Å². The number of amides is 3. The molecule has 0 radical (unpaired) electrons. The van der Waals surface area contributed by atoms with Crippen molar-refractivity contribution in [1.29, 1.82) is 0 Å². The first-order valence-electron chi connectivity index (χ1n) is 26.2. The number of fused-ring (bicyclic) bond motifs is 3. The van der Waals surface area contributed by atoms with E-state index in [9.17, 15) is 24.3 Å². The first kappa shape index (κ1) is 53.2. The molecule has 3 saturated heterocycles. The zero-order chi connectivity index (χ0) is 52.9. The van der Waals surface area contributed by atoms with Crippen molar-refractivity contribution >= 4 is 71.7 Å². The van der Waals surface area contributed by atoms with Crippen molar-refractivity contribution in [3.05, 3.63) is 102 Å². The number of aryl methyl sites for hydroxylation is 3. The van der Waals surface area contributed by atoms with Gasteiger partial charge in [0, 0.05) is 26.1 Å². The Kier molecular flexibility index (Phi) is 15.7. The first-order chi connectivity index (χ1) is 35.9. The van der Waals surface area contributed by atoms with Gasteiger partial charge in [0.25, 0.3) is 0 Å². The van der Waals surface area contributed by atoms with Gasteiger partial charge < -0.3 is 20.1 Å². The predicted molar refractivity (Wildman–Crippen MR) is 302 cm³/mol. The summed E-state index contributed by atoms with van der Waals surface area (Å²) < 4.78 is 12.9. The van der Waals surface area contributed by atoms with Crippen LogP contribution in [-0.4, -0.2) is 129 Å². The van der Waals surface area contributed by atoms with Crippen molar-refractivity contribution in [2.24, 2.45) is 16.3 Å². The van der Waals surface area contributed by atoms with Crippen molar-refractivity contribution < 1.29 is 29.0 Å². The number of benzene rings is 2. The smallest absolute Gasteiger partial charge is 0.0585 e. The molecule has 18 heteroatoms. The number of aliphatic hydroxyl groups excluding tert-OH is 1. The topological polar surface area (TPSA) is 184 Å². The van der Waals surface area contributed by atoms with E-state index in [0.29, 0.717) is 18.9 Å². The number of carbonyl (C=O) groups is 4. The molecule has 75 heavy (non-hydrogen) atoms. The number of carbonyl (C=O) groups excluding carboxylic acids is 4. The van der Waals surface area contributed by atoms with Crippen LogP contribution >= 0.6 is 42.5 Å². The van der Waals surface area contributed by atoms with Crippen molar-refractivity contribution in [3.8, 4) is 27.3 Å². The number of aromatic nitrogens is 4. The number of ketones is 1. The molecular formula is C57H68IN9O6S2. The predicted octanol–water partition coefficient (Wildman–Crippen LogP) is 7.86. The Bertz CT molecular complexity index is 3060. The van der Waals surface area contributed by atoms with Gasteiger partial charge in [-0.25, -0.2) is 4.98 Å². The molecule has 5 atom stereocenters. The summed E-state index contributed by atoms with van der Waals surface area (Å²) >= 11 is 2.40. The van der Waals surface area contributed by atoms with Crippen LogP contribution in [0.25, 0.3) is 15.4 Å². The number of thiazole rings is 1. The molecule has 4 aliphatic heterocycles. The van der Waals surface area contributed by atoms with E-state index in [1.165, 1.54) is 27.8 Å². The third-order valence-electron chi connectivity index (χ3n) is 15.3. The summed E-state index contributed by atoms with van der Waals surface area (Å²) in [5.74, 6) is 5.32. The van der Waals surface area contributed by atoms with Gasteiger partial charge in [-0.1, -0.05) is 51.0 Å². The van der Waals surface area contributed by atoms with E-state index in [2.05, 4.69) is 85.2 Å². The zero-order valence-electron chi connectivity index (χ0n) is 44.1. The van der Waals surface area contributed by atoms with Gasteiger partial charge in [-0.15, -0.1) is 11.3 Å². The van der Waals surface area contributed by atoms with E-state index in [1.54, 1.807) is 22.7 Å². The fourth-order valence-electron chi connectivity index (χ4n) is 10.7. The first-order valence-corrected chi connectivity index (χ1v) is 32.0. The van der Waals surface area contributed by atoms with Crippen LogP contribution in [0.1, 0.15) is 123 Å². The third-order valence-corrected chi connectivity index (χ3v) is 22.1. The number of aliphatic hydroxyl groups is 1. The average molecular weight is 1170 g/mol. The Labute approximate surface area is 455 Å². The number of ether oxygens (including phenoxy) is 1. The fourth-order valence-corrected chi connectivity index (χ4v) is 16.9. The molecule has 3 amide bonds. The second-order valence-corrected chi connectivity index (χ2v) is 30.0. The average Bonchev–Trinajstić information content (AvgIpc) is 3.73. The summed E-state index contributed by atoms with van der Waals surface area (Å²) in [5.41, 5.74) is 8.38. The van der Waals surface area contributed by atoms with Crippen molar-refractivity contribution in [3.63, 3.8) is 0 Å². The van der Waals surface area contributed by atoms with E-state index >= 15 is 0 Å². The summed E-state index contributed by atoms with van der Waals surface area (Å²) in [7, 11) is 0. The maximum absolute atomic E-state index is 14.2. The molecule has 1 saturated carbocycles. The standard InChI is InChI=1S/C57H68IN9O6S2/c1-32-35(4)75-56-50(32)51(38-13-15-40(16-14-38)58-21-22-58)62-47(53-64-63-36(5)67(53)56)28-49(70)61-41-25-45(26-41)73-44-19-23-65(24-20-44)29-42(68)17-18-46(57(6,7)8)55(72)66-30-43(69)27-48(66)54(71)60-33(2)37-9-11-39(12-10-37)52-34(3)59-31-74-52/h9-16,31,33,41,43-48,69H,19-30H2,1-8H3,(H,60,71)(H,61,70)/t33-,41?,43+,45?,46+,47-,48+/m0/s1. The van der Waals surface area contributed by atoms with Gasteiger partial charge in [0.1, 0.15) is 12.0 Å². The van der Waals surface area contributed by atoms with Gasteiger partial charge in [-0.05, 0) is 49.2 Å². The Morgan fingerprint density at radius 3 is 2.31 bits per heavy atom. The van der Waals surface area contributed by atoms with Crippen LogP contribution in [0.3, 0.4) is 0 Å². The third kappa shape index (κ3) is 11.7. The van der Waals surface area contributed by atoms with Gasteiger partial charge in [-0.3, -0.25) is 19.3 Å². The van der Waals surface area contributed by atoms with Crippen LogP contribution < -0.4 is 10.6 Å². The second-order valence-electron chi connectivity index (χ2n) is 21.9. The fraction of sp³-hybridized carbons (Fsp3) is 0.509. The molecule has 0 unspecified atom stereocenters. The van der Waals surface area contributed by atoms with Crippen LogP contribution in [0.2, 0.25) is 0 Å². The number of rotatable bonds is 14. The van der Waals surface area contributed by atoms with E-state index in [4.69, 9.17) is 9.73 Å². The molecule has 0 bridgehead atoms. The molecule has 1 aliphatic carbocycles. The van der Waals surface area contributed by atoms with Gasteiger partial charge in [-0.2, -0.15) is 0 Å². The van der Waals surface area contributed by atoms with Crippen molar-refractivity contribution in [2.45, 2.75) is 136 Å². The quantitative estimate of drug-likeness (QED) is 0.0428. The molecule has 15 nitrogen and oxygen atoms in total. The minimum absolute atomic E-state index is 0.0124. The number of likely N-dealkylation sites (tertiary alicyclic amines) is 2. The summed E-state index contributed by atoms with van der Waals surface area (Å²) in [6.45, 7) is 17.3. The number of hydrogen-bond acceptors (Lipinski definition) is 13. The number of aliphatic imine (C=N–C) groups is 1. The Morgan fingerprint density at radius 1 is 0.933 bits per heavy atom. The number of nitrogens with one attached hydrogen (secondary N) is 2. The Hall–Kier alpha value is -5.17. The molecule has 5 aromatic rings. The molecule has 3 N–H and O–H groups in total. The molecule has 396 valence electrons. The number of thiophene rings is 1. The van der Waals surface area contributed by atoms with E-state index in [0.717, 1.165) is 75.0 Å². The Morgan fingerprint density at radius 2 is 1.64 bits per heavy atom. The Balaban J connectivity index is 0.689. The summed E-state index contributed by atoms with van der Waals surface area (Å²) in [4.78, 5) is 70.7. The minimum Gasteiger partial charge on any atom is -0.0585 e. The van der Waals surface area contributed by atoms with Crippen LogP contribution in [0.5, 0.6) is 0 Å². The summed E-state index contributed by atoms with van der Waals surface area (Å²) in [6, 6.07) is 15.3. The molecule has 2 aromatic carbocycles. The maximum atomic E-state index is 14.2. The van der Waals surface area contributed by atoms with Gasteiger partial charge in [0.2, 0.25) is 17.6 Å². The SMILES string of the molecule is Cc1ncsc1-c1ccc([C@H](C)NC(=O)[C@H]2C[C@@H](O)CN2C(=O)[C@@H](C#CC(=O)CN2CCC(OC3CC(NC(=O)C[C@@H]4N=C(c5ccc(I6CC6)cc5)c5c(sc(C)c5C)-n5c(C)nnc54)C3)CC2)C(C)(C)C)cc1. The normalized spacial score (nSPS) is 22.9. The van der Waals surface area contributed by atoms with Crippen LogP contribution in [0.15, 0.2) is 59.0 Å². The van der Waals surface area contributed by atoms with Gasteiger partial charge >= 0.3 is 200 Å². The van der Waals surface area contributed by atoms with Crippen LogP contribution in [0, 0.1) is 54.4 Å². The molecular weight excluding hydrogens is 1100 g/mol. The van der Waals surface area contributed by atoms with Crippen molar-refractivity contribution in [1.82, 2.24) is 40.2 Å². The molecule has 3 aromatic heterocycles. The van der Waals surface area contributed by atoms with E-state index in [1.807, 2.05) is 71.3 Å². The van der Waals surface area contributed by atoms with Crippen LogP contribution in [0.4, 0.5) is 0 Å². The second kappa shape index (κ2) is 22.1.